The van der Waals surface area contributed by atoms with Gasteiger partial charge in [-0.3, -0.25) is 0 Å². The maximum Gasteiger partial charge on any atom is 0.136 e. The van der Waals surface area contributed by atoms with Gasteiger partial charge in [0.15, 0.2) is 0 Å². The fraction of sp³-hybridized carbons (Fsp3) is 0.0175. The van der Waals surface area contributed by atoms with Crippen molar-refractivity contribution in [3.8, 4) is 44.5 Å². The molecule has 0 aliphatic rings. The molecule has 278 valence electrons. The molecule has 0 saturated heterocycles. The Balaban J connectivity index is 0.989. The molecule has 11 rings (SSSR count). The minimum atomic E-state index is 0.905. The van der Waals surface area contributed by atoms with Crippen LogP contribution in [0.3, 0.4) is 0 Å². The first-order valence-electron chi connectivity index (χ1n) is 20.2. The SMILES string of the molecule is Cc1ccc2oc3cccc(-c4ccc(N(c5ccc(-c6ccc(-c7ccccc7)cc6)cc5)c5ccc(-c6cc7ccccc7c7ccccc67)cc5)cc4)c3c2c1. The maximum atomic E-state index is 6.29. The van der Waals surface area contributed by atoms with E-state index in [1.165, 1.54) is 66.1 Å². The van der Waals surface area contributed by atoms with Gasteiger partial charge in [-0.2, -0.15) is 0 Å². The van der Waals surface area contributed by atoms with Crippen LogP contribution in [-0.4, -0.2) is 0 Å². The van der Waals surface area contributed by atoms with E-state index in [-0.39, 0.29) is 0 Å². The Hall–Kier alpha value is -7.68. The molecule has 59 heavy (non-hydrogen) atoms. The Bertz CT molecular complexity index is 3290. The molecule has 11 aromatic rings. The first-order valence-corrected chi connectivity index (χ1v) is 20.2. The number of aryl methyl sites for hydroxylation is 1. The predicted octanol–water partition coefficient (Wildman–Crippen LogP) is 16.3. The van der Waals surface area contributed by atoms with Crippen molar-refractivity contribution in [1.29, 1.82) is 0 Å². The van der Waals surface area contributed by atoms with Crippen LogP contribution in [0, 0.1) is 6.92 Å². The summed E-state index contributed by atoms with van der Waals surface area (Å²) in [6, 6.07) is 78.9. The molecule has 0 fully saturated rings. The van der Waals surface area contributed by atoms with Crippen LogP contribution in [0.2, 0.25) is 0 Å². The molecule has 0 aliphatic heterocycles. The van der Waals surface area contributed by atoms with E-state index in [1.807, 2.05) is 0 Å². The lowest BCUT2D eigenvalue weighted by molar-refractivity contribution is 0.669. The number of rotatable bonds is 7. The summed E-state index contributed by atoms with van der Waals surface area (Å²) in [6.45, 7) is 2.13. The standard InChI is InChI=1S/C57H39NO/c1-38-18-35-55-54(36-38)57-50(16-9-17-56(57)59-55)43-25-31-47(32-26-43)58(46-29-23-42(24-30-46)41-21-19-40(20-22-41)39-10-3-2-4-11-39)48-33-27-44(28-34-48)53-37-45-12-5-6-13-49(45)51-14-7-8-15-52(51)53/h2-37H,1H3. The second-order valence-corrected chi connectivity index (χ2v) is 15.4. The second kappa shape index (κ2) is 14.4. The number of nitrogens with zero attached hydrogens (tertiary/aromatic N) is 1. The molecule has 0 amide bonds. The summed E-state index contributed by atoms with van der Waals surface area (Å²) >= 11 is 0. The molecule has 0 bridgehead atoms. The quantitative estimate of drug-likeness (QED) is 0.151. The van der Waals surface area contributed by atoms with Crippen molar-refractivity contribution in [2.24, 2.45) is 0 Å². The fourth-order valence-corrected chi connectivity index (χ4v) is 8.79. The summed E-state index contributed by atoms with van der Waals surface area (Å²) < 4.78 is 6.29. The number of hydrogen-bond donors (Lipinski definition) is 0. The van der Waals surface area contributed by atoms with E-state index in [4.69, 9.17) is 4.42 Å². The molecule has 0 aliphatic carbocycles. The molecule has 0 atom stereocenters. The summed E-state index contributed by atoms with van der Waals surface area (Å²) in [5, 5.41) is 7.36. The van der Waals surface area contributed by atoms with E-state index < -0.39 is 0 Å². The Morgan fingerprint density at radius 3 is 1.47 bits per heavy atom. The molecule has 0 radical (unpaired) electrons. The molecule has 1 heterocycles. The van der Waals surface area contributed by atoms with E-state index in [0.29, 0.717) is 0 Å². The smallest absolute Gasteiger partial charge is 0.136 e. The molecule has 0 N–H and O–H groups in total. The summed E-state index contributed by atoms with van der Waals surface area (Å²) in [6.07, 6.45) is 0. The number of fused-ring (bicyclic) bond motifs is 6. The van der Waals surface area contributed by atoms with Gasteiger partial charge in [-0.25, -0.2) is 0 Å². The van der Waals surface area contributed by atoms with Crippen LogP contribution < -0.4 is 4.90 Å². The van der Waals surface area contributed by atoms with E-state index in [1.54, 1.807) is 0 Å². The predicted molar refractivity (Wildman–Crippen MR) is 250 cm³/mol. The fourth-order valence-electron chi connectivity index (χ4n) is 8.79. The van der Waals surface area contributed by atoms with E-state index >= 15 is 0 Å². The van der Waals surface area contributed by atoms with Gasteiger partial charge in [0, 0.05) is 27.8 Å². The van der Waals surface area contributed by atoms with Crippen molar-refractivity contribution < 1.29 is 4.42 Å². The maximum absolute atomic E-state index is 6.29. The summed E-state index contributed by atoms with van der Waals surface area (Å²) in [5.74, 6) is 0. The minimum absolute atomic E-state index is 0.905. The number of benzene rings is 10. The Morgan fingerprint density at radius 2 is 0.831 bits per heavy atom. The number of furan rings is 1. The van der Waals surface area contributed by atoms with Crippen molar-refractivity contribution in [3.05, 3.63) is 224 Å². The third kappa shape index (κ3) is 6.23. The first kappa shape index (κ1) is 34.6. The lowest BCUT2D eigenvalue weighted by atomic mass is 9.93. The van der Waals surface area contributed by atoms with Gasteiger partial charge in [-0.1, -0.05) is 163 Å². The number of anilines is 3. The van der Waals surface area contributed by atoms with Crippen LogP contribution in [0.15, 0.2) is 223 Å². The molecule has 0 unspecified atom stereocenters. The van der Waals surface area contributed by atoms with Gasteiger partial charge in [-0.15, -0.1) is 0 Å². The molecule has 2 nitrogen and oxygen atoms in total. The third-order valence-electron chi connectivity index (χ3n) is 11.7. The normalized spacial score (nSPS) is 11.5. The third-order valence-corrected chi connectivity index (χ3v) is 11.7. The molecule has 1 aromatic heterocycles. The highest BCUT2D eigenvalue weighted by molar-refractivity contribution is 6.14. The lowest BCUT2D eigenvalue weighted by Crippen LogP contribution is -2.09. The Labute approximate surface area is 343 Å². The summed E-state index contributed by atoms with van der Waals surface area (Å²) in [5.41, 5.74) is 15.8. The summed E-state index contributed by atoms with van der Waals surface area (Å²) in [4.78, 5) is 2.35. The Morgan fingerprint density at radius 1 is 0.322 bits per heavy atom. The Kier molecular flexibility index (Phi) is 8.41. The van der Waals surface area contributed by atoms with Gasteiger partial charge in [0.25, 0.3) is 0 Å². The van der Waals surface area contributed by atoms with Crippen LogP contribution in [0.1, 0.15) is 5.56 Å². The molecule has 10 aromatic carbocycles. The van der Waals surface area contributed by atoms with Gasteiger partial charge >= 0.3 is 0 Å². The average molecular weight is 754 g/mol. The highest BCUT2D eigenvalue weighted by atomic mass is 16.3. The average Bonchev–Trinajstić information content (AvgIpc) is 3.68. The lowest BCUT2D eigenvalue weighted by Gasteiger charge is -2.26. The van der Waals surface area contributed by atoms with Crippen molar-refractivity contribution in [2.75, 3.05) is 4.90 Å². The van der Waals surface area contributed by atoms with Crippen molar-refractivity contribution in [3.63, 3.8) is 0 Å². The molecule has 0 spiro atoms. The van der Waals surface area contributed by atoms with Crippen molar-refractivity contribution in [2.45, 2.75) is 6.92 Å². The van der Waals surface area contributed by atoms with Crippen LogP contribution >= 0.6 is 0 Å². The highest BCUT2D eigenvalue weighted by Gasteiger charge is 2.17. The van der Waals surface area contributed by atoms with E-state index in [2.05, 4.69) is 230 Å². The summed E-state index contributed by atoms with van der Waals surface area (Å²) in [7, 11) is 0. The molecule has 2 heteroatoms. The van der Waals surface area contributed by atoms with Gasteiger partial charge in [0.2, 0.25) is 0 Å². The zero-order valence-electron chi connectivity index (χ0n) is 32.6. The monoisotopic (exact) mass is 753 g/mol. The highest BCUT2D eigenvalue weighted by Crippen LogP contribution is 2.42. The van der Waals surface area contributed by atoms with Gasteiger partial charge in [0.1, 0.15) is 11.2 Å². The first-order chi connectivity index (χ1) is 29.1. The van der Waals surface area contributed by atoms with Gasteiger partial charge < -0.3 is 9.32 Å². The van der Waals surface area contributed by atoms with Crippen LogP contribution in [-0.2, 0) is 0 Å². The van der Waals surface area contributed by atoms with Crippen molar-refractivity contribution in [1.82, 2.24) is 0 Å². The largest absolute Gasteiger partial charge is 0.456 e. The van der Waals surface area contributed by atoms with Crippen LogP contribution in [0.4, 0.5) is 17.1 Å². The zero-order chi connectivity index (χ0) is 39.3. The van der Waals surface area contributed by atoms with Crippen LogP contribution in [0.25, 0.3) is 88.0 Å². The van der Waals surface area contributed by atoms with E-state index in [9.17, 15) is 0 Å². The van der Waals surface area contributed by atoms with Gasteiger partial charge in [-0.05, 0) is 134 Å². The van der Waals surface area contributed by atoms with Crippen LogP contribution in [0.5, 0.6) is 0 Å². The molecule has 0 saturated carbocycles. The topological polar surface area (TPSA) is 16.4 Å². The molecular formula is C57H39NO. The number of hydrogen-bond acceptors (Lipinski definition) is 2. The molecular weight excluding hydrogens is 715 g/mol. The van der Waals surface area contributed by atoms with Crippen molar-refractivity contribution >= 4 is 60.5 Å². The zero-order valence-corrected chi connectivity index (χ0v) is 32.6. The van der Waals surface area contributed by atoms with Gasteiger partial charge in [0.05, 0.1) is 0 Å². The second-order valence-electron chi connectivity index (χ2n) is 15.4. The van der Waals surface area contributed by atoms with E-state index in [0.717, 1.165) is 44.6 Å². The minimum Gasteiger partial charge on any atom is -0.456 e.